The zero-order valence-electron chi connectivity index (χ0n) is 18.2. The number of nitro groups is 1. The Morgan fingerprint density at radius 3 is 2.23 bits per heavy atom. The van der Waals surface area contributed by atoms with Gasteiger partial charge in [0.1, 0.15) is 17.0 Å². The highest BCUT2D eigenvalue weighted by Crippen LogP contribution is 2.34. The van der Waals surface area contributed by atoms with Gasteiger partial charge in [-0.05, 0) is 34.6 Å². The highest BCUT2D eigenvalue weighted by Gasteiger charge is 2.31. The summed E-state index contributed by atoms with van der Waals surface area (Å²) in [4.78, 5) is 39.4. The maximum atomic E-state index is 13.1. The van der Waals surface area contributed by atoms with Crippen LogP contribution in [0.5, 0.6) is 5.75 Å². The summed E-state index contributed by atoms with van der Waals surface area (Å²) in [6.45, 7) is 11.0. The van der Waals surface area contributed by atoms with Crippen molar-refractivity contribution in [2.45, 2.75) is 40.2 Å². The van der Waals surface area contributed by atoms with Gasteiger partial charge in [-0.25, -0.2) is 4.79 Å². The normalized spacial score (nSPS) is 14.3. The van der Waals surface area contributed by atoms with Crippen LogP contribution >= 0.6 is 0 Å². The van der Waals surface area contributed by atoms with E-state index in [1.165, 1.54) is 12.1 Å². The minimum Gasteiger partial charge on any atom is -0.493 e. The summed E-state index contributed by atoms with van der Waals surface area (Å²) in [5.41, 5.74) is -0.340. The molecule has 1 fully saturated rings. The molecule has 1 aliphatic rings. The molecule has 0 aromatic heterocycles. The second-order valence-electron chi connectivity index (χ2n) is 7.85. The van der Waals surface area contributed by atoms with Crippen LogP contribution in [0.3, 0.4) is 0 Å². The summed E-state index contributed by atoms with van der Waals surface area (Å²) in [5.74, 6) is -0.0768. The SMILES string of the molecule is CCNc1cc(OCC)c(C(=O)N2CCN(C(=O)OC(C)(C)C)CC2)cc1[N+](=O)[O-]. The molecular weight excluding hydrogens is 392 g/mol. The molecular formula is C20H30N4O6. The lowest BCUT2D eigenvalue weighted by Crippen LogP contribution is -2.51. The molecule has 166 valence electrons. The number of nitrogens with zero attached hydrogens (tertiary/aromatic N) is 3. The van der Waals surface area contributed by atoms with E-state index < -0.39 is 16.6 Å². The third-order valence-electron chi connectivity index (χ3n) is 4.41. The Kier molecular flexibility index (Phi) is 7.47. The Morgan fingerprint density at radius 1 is 1.13 bits per heavy atom. The average Bonchev–Trinajstić information content (AvgIpc) is 2.66. The summed E-state index contributed by atoms with van der Waals surface area (Å²) >= 11 is 0. The standard InChI is InChI=1S/C20H30N4O6/c1-6-21-15-13-17(29-7-2)14(12-16(15)24(27)28)18(25)22-8-10-23(11-9-22)19(26)30-20(3,4)5/h12-13,21H,6-11H2,1-5H3. The second-order valence-corrected chi connectivity index (χ2v) is 7.85. The Morgan fingerprint density at radius 2 is 1.73 bits per heavy atom. The lowest BCUT2D eigenvalue weighted by Gasteiger charge is -2.35. The first-order valence-corrected chi connectivity index (χ1v) is 10.0. The average molecular weight is 422 g/mol. The lowest BCUT2D eigenvalue weighted by molar-refractivity contribution is -0.384. The van der Waals surface area contributed by atoms with Gasteiger partial charge in [0.25, 0.3) is 11.6 Å². The first kappa shape index (κ1) is 23.2. The van der Waals surface area contributed by atoms with Gasteiger partial charge in [-0.3, -0.25) is 14.9 Å². The summed E-state index contributed by atoms with van der Waals surface area (Å²) in [5, 5.41) is 14.4. The number of rotatable bonds is 6. The van der Waals surface area contributed by atoms with Crippen molar-refractivity contribution in [1.29, 1.82) is 0 Å². The van der Waals surface area contributed by atoms with E-state index in [1.807, 2.05) is 6.92 Å². The summed E-state index contributed by atoms with van der Waals surface area (Å²) in [6.07, 6.45) is -0.421. The maximum absolute atomic E-state index is 13.1. The van der Waals surface area contributed by atoms with Crippen molar-refractivity contribution in [1.82, 2.24) is 9.80 Å². The molecule has 2 rings (SSSR count). The van der Waals surface area contributed by atoms with Gasteiger partial charge in [-0.2, -0.15) is 0 Å². The van der Waals surface area contributed by atoms with Crippen molar-refractivity contribution in [2.75, 3.05) is 44.6 Å². The van der Waals surface area contributed by atoms with Crippen LogP contribution in [-0.2, 0) is 4.74 Å². The molecule has 2 amide bonds. The Hall–Kier alpha value is -3.04. The van der Waals surface area contributed by atoms with Crippen molar-refractivity contribution in [3.05, 3.63) is 27.8 Å². The molecule has 0 aliphatic carbocycles. The number of amides is 2. The first-order chi connectivity index (χ1) is 14.1. The summed E-state index contributed by atoms with van der Waals surface area (Å²) < 4.78 is 11.0. The molecule has 0 atom stereocenters. The number of ether oxygens (including phenoxy) is 2. The number of hydrogen-bond acceptors (Lipinski definition) is 7. The highest BCUT2D eigenvalue weighted by molar-refractivity contribution is 5.99. The highest BCUT2D eigenvalue weighted by atomic mass is 16.6. The number of benzene rings is 1. The minimum absolute atomic E-state index is 0.135. The van der Waals surface area contributed by atoms with Crippen molar-refractivity contribution in [2.24, 2.45) is 0 Å². The topological polar surface area (TPSA) is 114 Å². The number of nitrogens with one attached hydrogen (secondary N) is 1. The van der Waals surface area contributed by atoms with Gasteiger partial charge in [-0.15, -0.1) is 0 Å². The Labute approximate surface area is 176 Å². The molecule has 10 nitrogen and oxygen atoms in total. The van der Waals surface area contributed by atoms with Gasteiger partial charge in [0.15, 0.2) is 0 Å². The fourth-order valence-electron chi connectivity index (χ4n) is 3.08. The van der Waals surface area contributed by atoms with Crippen molar-refractivity contribution < 1.29 is 24.0 Å². The monoisotopic (exact) mass is 422 g/mol. The third kappa shape index (κ3) is 5.74. The van der Waals surface area contributed by atoms with Gasteiger partial charge in [0.05, 0.1) is 17.1 Å². The smallest absolute Gasteiger partial charge is 0.410 e. The van der Waals surface area contributed by atoms with Gasteiger partial charge < -0.3 is 24.6 Å². The van der Waals surface area contributed by atoms with Gasteiger partial charge >= 0.3 is 6.09 Å². The van der Waals surface area contributed by atoms with Gasteiger partial charge in [0.2, 0.25) is 0 Å². The zero-order valence-corrected chi connectivity index (χ0v) is 18.2. The number of hydrogen-bond donors (Lipinski definition) is 1. The predicted octanol–water partition coefficient (Wildman–Crippen LogP) is 3.12. The van der Waals surface area contributed by atoms with E-state index in [1.54, 1.807) is 37.5 Å². The molecule has 1 heterocycles. The number of piperazine rings is 1. The van der Waals surface area contributed by atoms with E-state index >= 15 is 0 Å². The largest absolute Gasteiger partial charge is 0.493 e. The fourth-order valence-corrected chi connectivity index (χ4v) is 3.08. The predicted molar refractivity (Wildman–Crippen MR) is 112 cm³/mol. The number of carbonyl (C=O) groups is 2. The van der Waals surface area contributed by atoms with E-state index in [0.29, 0.717) is 50.8 Å². The van der Waals surface area contributed by atoms with Crippen molar-refractivity contribution >= 4 is 23.4 Å². The van der Waals surface area contributed by atoms with E-state index in [9.17, 15) is 19.7 Å². The Balaban J connectivity index is 2.21. The fraction of sp³-hybridized carbons (Fsp3) is 0.600. The van der Waals surface area contributed by atoms with E-state index in [4.69, 9.17) is 9.47 Å². The second kappa shape index (κ2) is 9.64. The van der Waals surface area contributed by atoms with Crippen LogP contribution in [0, 0.1) is 10.1 Å². The molecule has 0 bridgehead atoms. The van der Waals surface area contributed by atoms with Gasteiger partial charge in [0, 0.05) is 44.9 Å². The lowest BCUT2D eigenvalue weighted by atomic mass is 10.1. The zero-order chi connectivity index (χ0) is 22.5. The molecule has 1 aromatic carbocycles. The van der Waals surface area contributed by atoms with Crippen LogP contribution in [0.15, 0.2) is 12.1 Å². The van der Waals surface area contributed by atoms with E-state index in [-0.39, 0.29) is 17.2 Å². The molecule has 30 heavy (non-hydrogen) atoms. The maximum Gasteiger partial charge on any atom is 0.410 e. The molecule has 0 saturated carbocycles. The van der Waals surface area contributed by atoms with Crippen LogP contribution in [0.2, 0.25) is 0 Å². The molecule has 0 spiro atoms. The molecule has 1 saturated heterocycles. The van der Waals surface area contributed by atoms with Gasteiger partial charge in [-0.1, -0.05) is 0 Å². The molecule has 1 aromatic rings. The minimum atomic E-state index is -0.594. The van der Waals surface area contributed by atoms with Crippen LogP contribution < -0.4 is 10.1 Å². The third-order valence-corrected chi connectivity index (χ3v) is 4.41. The van der Waals surface area contributed by atoms with E-state index in [0.717, 1.165) is 0 Å². The number of anilines is 1. The Bertz CT molecular complexity index is 797. The quantitative estimate of drug-likeness (QED) is 0.553. The van der Waals surface area contributed by atoms with Crippen LogP contribution in [0.1, 0.15) is 45.0 Å². The van der Waals surface area contributed by atoms with Crippen LogP contribution in [-0.4, -0.2) is 71.7 Å². The summed E-state index contributed by atoms with van der Waals surface area (Å²) in [7, 11) is 0. The van der Waals surface area contributed by atoms with Crippen molar-refractivity contribution in [3.63, 3.8) is 0 Å². The van der Waals surface area contributed by atoms with E-state index in [2.05, 4.69) is 5.32 Å². The molecule has 1 N–H and O–H groups in total. The molecule has 0 radical (unpaired) electrons. The first-order valence-electron chi connectivity index (χ1n) is 10.0. The number of carbonyl (C=O) groups excluding carboxylic acids is 2. The molecule has 0 unspecified atom stereocenters. The molecule has 10 heteroatoms. The van der Waals surface area contributed by atoms with Crippen LogP contribution in [0.4, 0.5) is 16.2 Å². The summed E-state index contributed by atoms with van der Waals surface area (Å²) in [6, 6.07) is 2.75. The van der Waals surface area contributed by atoms with Crippen LogP contribution in [0.25, 0.3) is 0 Å². The number of nitro benzene ring substituents is 1. The van der Waals surface area contributed by atoms with Crippen molar-refractivity contribution in [3.8, 4) is 5.75 Å². The molecule has 1 aliphatic heterocycles.